The summed E-state index contributed by atoms with van der Waals surface area (Å²) in [4.78, 5) is 0. The largest absolute Gasteiger partial charge is 0.326 e. The second-order valence-electron chi connectivity index (χ2n) is 2.00. The van der Waals surface area contributed by atoms with E-state index in [0.717, 1.165) is 0 Å². The van der Waals surface area contributed by atoms with Crippen molar-refractivity contribution >= 4 is 23.7 Å². The van der Waals surface area contributed by atoms with Gasteiger partial charge < -0.3 is 5.73 Å². The first kappa shape index (κ1) is 7.53. The summed E-state index contributed by atoms with van der Waals surface area (Å²) in [5.74, 6) is 0. The van der Waals surface area contributed by atoms with Crippen molar-refractivity contribution in [2.24, 2.45) is 5.73 Å². The summed E-state index contributed by atoms with van der Waals surface area (Å²) in [5.41, 5.74) is 5.48. The Bertz CT molecular complexity index is 130. The molecule has 0 aromatic heterocycles. The van der Waals surface area contributed by atoms with E-state index < -0.39 is 11.1 Å². The second kappa shape index (κ2) is 3.01. The van der Waals surface area contributed by atoms with Crippen LogP contribution in [0.4, 0.5) is 0 Å². The highest BCUT2D eigenvalue weighted by atomic mass is 32.2. The van der Waals surface area contributed by atoms with Gasteiger partial charge in [-0.05, 0) is 6.42 Å². The zero-order valence-corrected chi connectivity index (χ0v) is 6.53. The van der Waals surface area contributed by atoms with Gasteiger partial charge in [-0.25, -0.2) is 4.21 Å². The van der Waals surface area contributed by atoms with Crippen LogP contribution in [0.2, 0.25) is 0 Å². The smallest absolute Gasteiger partial charge is 0.168 e. The van der Waals surface area contributed by atoms with Gasteiger partial charge in [0.25, 0.3) is 0 Å². The average molecular weight is 167 g/mol. The highest BCUT2D eigenvalue weighted by Crippen LogP contribution is 2.15. The molecule has 3 atom stereocenters. The van der Waals surface area contributed by atoms with Gasteiger partial charge in [-0.15, -0.1) is 0 Å². The minimum absolute atomic E-state index is 0.00481. The zero-order chi connectivity index (χ0) is 6.85. The molecule has 0 saturated carbocycles. The van der Waals surface area contributed by atoms with Crippen molar-refractivity contribution in [3.63, 3.8) is 0 Å². The number of thiol groups is 1. The van der Waals surface area contributed by atoms with Gasteiger partial charge in [0, 0.05) is 6.04 Å². The van der Waals surface area contributed by atoms with Crippen LogP contribution in [0.5, 0.6) is 0 Å². The predicted molar refractivity (Wildman–Crippen MR) is 39.5 cm³/mol. The van der Waals surface area contributed by atoms with Crippen LogP contribution in [0.25, 0.3) is 0 Å². The Morgan fingerprint density at radius 1 is 1.78 bits per heavy atom. The van der Waals surface area contributed by atoms with Crippen molar-refractivity contribution in [2.45, 2.75) is 17.0 Å². The summed E-state index contributed by atoms with van der Waals surface area (Å²) in [6.07, 6.45) is 0.676. The van der Waals surface area contributed by atoms with Gasteiger partial charge >= 0.3 is 0 Å². The summed E-state index contributed by atoms with van der Waals surface area (Å²) < 4.78 is 15.3. The Kier molecular flexibility index (Phi) is 2.51. The standard InChI is InChI=1S/C4H9NO2S2/c5-3-1-4(8)9(6)7-2-3/h3-4,8H,1-2,5H2. The van der Waals surface area contributed by atoms with Crippen LogP contribution >= 0.6 is 12.6 Å². The van der Waals surface area contributed by atoms with Gasteiger partial charge in [0.2, 0.25) is 0 Å². The van der Waals surface area contributed by atoms with E-state index >= 15 is 0 Å². The summed E-state index contributed by atoms with van der Waals surface area (Å²) in [7, 11) is 0. The van der Waals surface area contributed by atoms with Gasteiger partial charge in [0.1, 0.15) is 4.58 Å². The monoisotopic (exact) mass is 167 g/mol. The summed E-state index contributed by atoms with van der Waals surface area (Å²) in [6.45, 7) is 0.393. The molecule has 1 heterocycles. The molecule has 1 aliphatic rings. The fourth-order valence-electron chi connectivity index (χ4n) is 0.639. The van der Waals surface area contributed by atoms with Crippen LogP contribution in [0, 0.1) is 0 Å². The third kappa shape index (κ3) is 1.93. The molecular weight excluding hydrogens is 158 g/mol. The first-order valence-electron chi connectivity index (χ1n) is 2.67. The number of hydrogen-bond donors (Lipinski definition) is 2. The molecular formula is C4H9NO2S2. The maximum atomic E-state index is 10.7. The molecule has 0 aromatic carbocycles. The molecule has 1 aliphatic heterocycles. The van der Waals surface area contributed by atoms with Gasteiger partial charge in [0.05, 0.1) is 6.61 Å². The fraction of sp³-hybridized carbons (Fsp3) is 1.00. The maximum absolute atomic E-state index is 10.7. The molecule has 1 saturated heterocycles. The van der Waals surface area contributed by atoms with Crippen molar-refractivity contribution in [3.8, 4) is 0 Å². The molecule has 0 spiro atoms. The lowest BCUT2D eigenvalue weighted by Crippen LogP contribution is -2.36. The number of rotatable bonds is 0. The van der Waals surface area contributed by atoms with Crippen molar-refractivity contribution in [1.29, 1.82) is 0 Å². The highest BCUT2D eigenvalue weighted by Gasteiger charge is 2.23. The molecule has 3 unspecified atom stereocenters. The molecule has 2 N–H and O–H groups in total. The normalized spacial score (nSPS) is 44.9. The van der Waals surface area contributed by atoms with E-state index in [1.165, 1.54) is 0 Å². The number of nitrogens with two attached hydrogens (primary N) is 1. The van der Waals surface area contributed by atoms with Crippen molar-refractivity contribution in [2.75, 3.05) is 6.61 Å². The third-order valence-corrected chi connectivity index (χ3v) is 2.86. The molecule has 1 rings (SSSR count). The highest BCUT2D eigenvalue weighted by molar-refractivity contribution is 7.98. The molecule has 9 heavy (non-hydrogen) atoms. The molecule has 0 aromatic rings. The Balaban J connectivity index is 2.44. The van der Waals surface area contributed by atoms with Gasteiger partial charge in [-0.1, -0.05) is 0 Å². The molecule has 1 fully saturated rings. The Morgan fingerprint density at radius 3 is 2.89 bits per heavy atom. The minimum atomic E-state index is -1.22. The van der Waals surface area contributed by atoms with Crippen LogP contribution in [0.15, 0.2) is 0 Å². The third-order valence-electron chi connectivity index (χ3n) is 1.12. The first-order chi connectivity index (χ1) is 4.20. The molecule has 0 radical (unpaired) electrons. The fourth-order valence-corrected chi connectivity index (χ4v) is 1.96. The van der Waals surface area contributed by atoms with Crippen molar-refractivity contribution < 1.29 is 8.39 Å². The van der Waals surface area contributed by atoms with Crippen LogP contribution < -0.4 is 5.73 Å². The molecule has 54 valence electrons. The lowest BCUT2D eigenvalue weighted by Gasteiger charge is -2.21. The Labute approximate surface area is 62.0 Å². The summed E-state index contributed by atoms with van der Waals surface area (Å²) >= 11 is 2.79. The van der Waals surface area contributed by atoms with E-state index in [-0.39, 0.29) is 10.6 Å². The van der Waals surface area contributed by atoms with Gasteiger partial charge in [-0.2, -0.15) is 12.6 Å². The van der Waals surface area contributed by atoms with Crippen LogP contribution in [0.3, 0.4) is 0 Å². The van der Waals surface area contributed by atoms with Crippen LogP contribution in [0.1, 0.15) is 6.42 Å². The Morgan fingerprint density at radius 2 is 2.44 bits per heavy atom. The lowest BCUT2D eigenvalue weighted by atomic mass is 10.3. The first-order valence-corrected chi connectivity index (χ1v) is 4.33. The molecule has 0 bridgehead atoms. The van der Waals surface area contributed by atoms with E-state index in [9.17, 15) is 4.21 Å². The topological polar surface area (TPSA) is 52.3 Å². The van der Waals surface area contributed by atoms with E-state index in [1.807, 2.05) is 0 Å². The van der Waals surface area contributed by atoms with Crippen LogP contribution in [-0.2, 0) is 15.3 Å². The van der Waals surface area contributed by atoms with Gasteiger partial charge in [-0.3, -0.25) is 4.18 Å². The van der Waals surface area contributed by atoms with E-state index in [4.69, 9.17) is 9.92 Å². The quantitative estimate of drug-likeness (QED) is 0.485. The van der Waals surface area contributed by atoms with E-state index in [0.29, 0.717) is 13.0 Å². The summed E-state index contributed by atoms with van der Waals surface area (Å²) in [6, 6.07) is 0.00481. The van der Waals surface area contributed by atoms with Crippen molar-refractivity contribution in [1.82, 2.24) is 0 Å². The molecule has 0 aliphatic carbocycles. The van der Waals surface area contributed by atoms with E-state index in [2.05, 4.69) is 12.6 Å². The summed E-state index contributed by atoms with van der Waals surface area (Å²) in [5, 5.41) is 0. The molecule has 0 amide bonds. The predicted octanol–water partition coefficient (Wildman–Crippen LogP) is -0.346. The van der Waals surface area contributed by atoms with E-state index in [1.54, 1.807) is 0 Å². The Hall–Kier alpha value is 0.420. The van der Waals surface area contributed by atoms with Crippen molar-refractivity contribution in [3.05, 3.63) is 0 Å². The zero-order valence-electron chi connectivity index (χ0n) is 4.82. The average Bonchev–Trinajstić information content (AvgIpc) is 1.80. The lowest BCUT2D eigenvalue weighted by molar-refractivity contribution is 0.288. The SMILES string of the molecule is NC1COS(=O)C(S)C1. The second-order valence-corrected chi connectivity index (χ2v) is 4.29. The minimum Gasteiger partial charge on any atom is -0.326 e. The van der Waals surface area contributed by atoms with Gasteiger partial charge in [0.15, 0.2) is 11.1 Å². The maximum Gasteiger partial charge on any atom is 0.168 e. The molecule has 5 heteroatoms. The number of hydrogen-bond acceptors (Lipinski definition) is 4. The molecule has 3 nitrogen and oxygen atoms in total. The van der Waals surface area contributed by atoms with Crippen LogP contribution in [-0.4, -0.2) is 21.4 Å².